The zero-order valence-corrected chi connectivity index (χ0v) is 8.99. The quantitative estimate of drug-likeness (QED) is 0.574. The highest BCUT2D eigenvalue weighted by molar-refractivity contribution is 6.32. The molecule has 1 amide bonds. The molecule has 0 spiro atoms. The molecule has 1 aromatic carbocycles. The third kappa shape index (κ3) is 2.44. The summed E-state index contributed by atoms with van der Waals surface area (Å²) in [5.74, 6) is -0.297. The Morgan fingerprint density at radius 2 is 2.07 bits per heavy atom. The van der Waals surface area contributed by atoms with Gasteiger partial charge in [0, 0.05) is 25.7 Å². The summed E-state index contributed by atoms with van der Waals surface area (Å²) in [7, 11) is 3.14. The van der Waals surface area contributed by atoms with Crippen LogP contribution in [0.25, 0.3) is 0 Å². The van der Waals surface area contributed by atoms with E-state index in [9.17, 15) is 14.9 Å². The van der Waals surface area contributed by atoms with Crippen LogP contribution in [0.4, 0.5) is 5.69 Å². The second-order valence-corrected chi connectivity index (χ2v) is 3.53. The Kier molecular flexibility index (Phi) is 3.26. The van der Waals surface area contributed by atoms with Gasteiger partial charge in [-0.2, -0.15) is 0 Å². The summed E-state index contributed by atoms with van der Waals surface area (Å²) in [6.45, 7) is 0. The van der Waals surface area contributed by atoms with E-state index in [4.69, 9.17) is 11.6 Å². The van der Waals surface area contributed by atoms with Gasteiger partial charge in [-0.05, 0) is 12.1 Å². The van der Waals surface area contributed by atoms with E-state index in [2.05, 4.69) is 0 Å². The van der Waals surface area contributed by atoms with Gasteiger partial charge in [0.05, 0.1) is 4.92 Å². The Morgan fingerprint density at radius 3 is 2.53 bits per heavy atom. The average Bonchev–Trinajstić information content (AvgIpc) is 2.16. The van der Waals surface area contributed by atoms with Crippen molar-refractivity contribution in [3.05, 3.63) is 38.9 Å². The Morgan fingerprint density at radius 1 is 1.47 bits per heavy atom. The fraction of sp³-hybridized carbons (Fsp3) is 0.222. The number of rotatable bonds is 2. The number of hydrogen-bond donors (Lipinski definition) is 0. The highest BCUT2D eigenvalue weighted by Crippen LogP contribution is 2.25. The van der Waals surface area contributed by atoms with E-state index in [1.54, 1.807) is 14.1 Å². The van der Waals surface area contributed by atoms with Crippen molar-refractivity contribution < 1.29 is 9.72 Å². The summed E-state index contributed by atoms with van der Waals surface area (Å²) in [5.41, 5.74) is -0.0135. The lowest BCUT2D eigenvalue weighted by Gasteiger charge is -2.09. The van der Waals surface area contributed by atoms with Crippen LogP contribution >= 0.6 is 11.6 Å². The summed E-state index contributed by atoms with van der Waals surface area (Å²) in [6, 6.07) is 3.97. The standard InChI is InChI=1S/C9H9ClN2O3/c1-11(2)9(13)6-3-4-7(10)8(5-6)12(14)15/h3-5H,1-2H3. The third-order valence-electron chi connectivity index (χ3n) is 1.80. The van der Waals surface area contributed by atoms with Gasteiger partial charge in [-0.25, -0.2) is 0 Å². The summed E-state index contributed by atoms with van der Waals surface area (Å²) in [4.78, 5) is 22.8. The first-order valence-electron chi connectivity index (χ1n) is 4.09. The maximum Gasteiger partial charge on any atom is 0.288 e. The molecule has 0 aromatic heterocycles. The molecule has 5 nitrogen and oxygen atoms in total. The van der Waals surface area contributed by atoms with Gasteiger partial charge in [0.2, 0.25) is 0 Å². The summed E-state index contributed by atoms with van der Waals surface area (Å²) >= 11 is 5.61. The molecule has 0 fully saturated rings. The lowest BCUT2D eigenvalue weighted by atomic mass is 10.2. The minimum atomic E-state index is -0.616. The van der Waals surface area contributed by atoms with Crippen LogP contribution in [0.3, 0.4) is 0 Å². The molecule has 15 heavy (non-hydrogen) atoms. The Bertz CT molecular complexity index is 418. The van der Waals surface area contributed by atoms with Gasteiger partial charge < -0.3 is 4.90 Å². The second-order valence-electron chi connectivity index (χ2n) is 3.12. The number of carbonyl (C=O) groups is 1. The van der Waals surface area contributed by atoms with Gasteiger partial charge in [-0.15, -0.1) is 0 Å². The van der Waals surface area contributed by atoms with Crippen molar-refractivity contribution in [2.45, 2.75) is 0 Å². The Labute approximate surface area is 91.4 Å². The van der Waals surface area contributed by atoms with Gasteiger partial charge in [-0.3, -0.25) is 14.9 Å². The van der Waals surface area contributed by atoms with Crippen LogP contribution in [0.1, 0.15) is 10.4 Å². The fourth-order valence-electron chi connectivity index (χ4n) is 1.04. The van der Waals surface area contributed by atoms with Crippen LogP contribution < -0.4 is 0 Å². The third-order valence-corrected chi connectivity index (χ3v) is 2.12. The molecule has 1 rings (SSSR count). The van der Waals surface area contributed by atoms with Crippen LogP contribution in [0, 0.1) is 10.1 Å². The number of nitrogens with zero attached hydrogens (tertiary/aromatic N) is 2. The molecular formula is C9H9ClN2O3. The van der Waals surface area contributed by atoms with Crippen LogP contribution in [-0.4, -0.2) is 29.8 Å². The van der Waals surface area contributed by atoms with Crippen molar-refractivity contribution in [2.75, 3.05) is 14.1 Å². The van der Waals surface area contributed by atoms with E-state index < -0.39 is 4.92 Å². The monoisotopic (exact) mass is 228 g/mol. The second kappa shape index (κ2) is 4.27. The first-order valence-corrected chi connectivity index (χ1v) is 4.47. The zero-order chi connectivity index (χ0) is 11.6. The van der Waals surface area contributed by atoms with Crippen molar-refractivity contribution in [1.29, 1.82) is 0 Å². The van der Waals surface area contributed by atoms with E-state index in [-0.39, 0.29) is 22.2 Å². The highest BCUT2D eigenvalue weighted by Gasteiger charge is 2.16. The number of amides is 1. The van der Waals surface area contributed by atoms with Crippen molar-refractivity contribution in [3.63, 3.8) is 0 Å². The van der Waals surface area contributed by atoms with E-state index in [1.165, 1.54) is 23.1 Å². The molecule has 0 unspecified atom stereocenters. The van der Waals surface area contributed by atoms with Gasteiger partial charge in [0.25, 0.3) is 11.6 Å². The number of hydrogen-bond acceptors (Lipinski definition) is 3. The molecule has 0 saturated carbocycles. The summed E-state index contributed by atoms with van der Waals surface area (Å²) in [6.07, 6.45) is 0. The normalized spacial score (nSPS) is 9.80. The van der Waals surface area contributed by atoms with Gasteiger partial charge in [0.15, 0.2) is 0 Å². The molecule has 80 valence electrons. The SMILES string of the molecule is CN(C)C(=O)c1ccc(Cl)c([N+](=O)[O-])c1. The largest absolute Gasteiger partial charge is 0.345 e. The molecule has 0 bridgehead atoms. The maximum absolute atomic E-state index is 11.5. The summed E-state index contributed by atoms with van der Waals surface area (Å²) in [5, 5.41) is 10.6. The molecule has 0 N–H and O–H groups in total. The van der Waals surface area contributed by atoms with Crippen LogP contribution in [0.5, 0.6) is 0 Å². The van der Waals surface area contributed by atoms with E-state index >= 15 is 0 Å². The predicted octanol–water partition coefficient (Wildman–Crippen LogP) is 1.95. The topological polar surface area (TPSA) is 63.5 Å². The zero-order valence-electron chi connectivity index (χ0n) is 8.23. The number of halogens is 1. The predicted molar refractivity (Wildman–Crippen MR) is 56.1 cm³/mol. The molecule has 0 aliphatic carbocycles. The molecule has 0 heterocycles. The Balaban J connectivity index is 3.19. The number of carbonyl (C=O) groups excluding carboxylic acids is 1. The molecule has 0 radical (unpaired) electrons. The first kappa shape index (κ1) is 11.5. The van der Waals surface area contributed by atoms with Gasteiger partial charge >= 0.3 is 0 Å². The van der Waals surface area contributed by atoms with Crippen molar-refractivity contribution in [3.8, 4) is 0 Å². The average molecular weight is 229 g/mol. The molecule has 0 aliphatic heterocycles. The van der Waals surface area contributed by atoms with Gasteiger partial charge in [-0.1, -0.05) is 11.6 Å². The lowest BCUT2D eigenvalue weighted by Crippen LogP contribution is -2.21. The van der Waals surface area contributed by atoms with Crippen molar-refractivity contribution >= 4 is 23.2 Å². The number of nitro benzene ring substituents is 1. The van der Waals surface area contributed by atoms with Crippen LogP contribution in [-0.2, 0) is 0 Å². The molecule has 6 heteroatoms. The number of benzene rings is 1. The molecule has 0 aliphatic rings. The lowest BCUT2D eigenvalue weighted by molar-refractivity contribution is -0.384. The molecule has 1 aromatic rings. The van der Waals surface area contributed by atoms with E-state index in [0.717, 1.165) is 0 Å². The Hall–Kier alpha value is -1.62. The summed E-state index contributed by atoms with van der Waals surface area (Å²) < 4.78 is 0. The molecule has 0 saturated heterocycles. The van der Waals surface area contributed by atoms with Crippen LogP contribution in [0.2, 0.25) is 5.02 Å². The molecular weight excluding hydrogens is 220 g/mol. The van der Waals surface area contributed by atoms with Gasteiger partial charge in [0.1, 0.15) is 5.02 Å². The first-order chi connectivity index (χ1) is 6.93. The van der Waals surface area contributed by atoms with Crippen molar-refractivity contribution in [2.24, 2.45) is 0 Å². The fourth-order valence-corrected chi connectivity index (χ4v) is 1.23. The number of nitro groups is 1. The molecule has 0 atom stereocenters. The van der Waals surface area contributed by atoms with E-state index in [1.807, 2.05) is 0 Å². The minimum absolute atomic E-state index is 0.0234. The highest BCUT2D eigenvalue weighted by atomic mass is 35.5. The van der Waals surface area contributed by atoms with Crippen molar-refractivity contribution in [1.82, 2.24) is 4.90 Å². The van der Waals surface area contributed by atoms with E-state index in [0.29, 0.717) is 0 Å². The smallest absolute Gasteiger partial charge is 0.288 e. The van der Waals surface area contributed by atoms with Crippen LogP contribution in [0.15, 0.2) is 18.2 Å². The maximum atomic E-state index is 11.5. The minimum Gasteiger partial charge on any atom is -0.345 e.